The zero-order valence-corrected chi connectivity index (χ0v) is 47.5. The molecule has 416 valence electrons. The van der Waals surface area contributed by atoms with Gasteiger partial charge in [-0.3, -0.25) is 9.59 Å². The monoisotopic (exact) mass is 988 g/mol. The molecule has 6 heteroatoms. The molecule has 0 saturated heterocycles. The van der Waals surface area contributed by atoms with Crippen LogP contribution in [0, 0.1) is 0 Å². The number of ether oxygens (including phenoxy) is 1. The predicted octanol–water partition coefficient (Wildman–Crippen LogP) is 20.0. The third-order valence-corrected chi connectivity index (χ3v) is 15.1. The molecule has 0 aromatic carbocycles. The third-order valence-electron chi connectivity index (χ3n) is 15.1. The lowest BCUT2D eigenvalue weighted by Crippen LogP contribution is -2.45. The molecule has 0 rings (SSSR count). The molecule has 0 heterocycles. The summed E-state index contributed by atoms with van der Waals surface area (Å²) in [6, 6.07) is -0.552. The summed E-state index contributed by atoms with van der Waals surface area (Å²) in [6.45, 7) is 4.95. The van der Waals surface area contributed by atoms with Crippen LogP contribution in [0.5, 0.6) is 0 Å². The van der Waals surface area contributed by atoms with Crippen LogP contribution in [0.25, 0.3) is 0 Å². The number of carbonyl (C=O) groups excluding carboxylic acids is 2. The lowest BCUT2D eigenvalue weighted by atomic mass is 10.0. The molecule has 3 N–H and O–H groups in total. The second-order valence-corrected chi connectivity index (χ2v) is 22.1. The summed E-state index contributed by atoms with van der Waals surface area (Å²) >= 11 is 0. The maximum absolute atomic E-state index is 12.5. The van der Waals surface area contributed by atoms with Crippen molar-refractivity contribution in [2.75, 3.05) is 13.2 Å². The van der Waals surface area contributed by atoms with E-state index in [1.54, 1.807) is 0 Å². The minimum absolute atomic E-state index is 0.00728. The number of carbonyl (C=O) groups is 2. The molecule has 70 heavy (non-hydrogen) atoms. The van der Waals surface area contributed by atoms with Gasteiger partial charge in [0.25, 0.3) is 0 Å². The largest absolute Gasteiger partial charge is 0.466 e. The minimum atomic E-state index is -0.674. The molecule has 0 aliphatic heterocycles. The van der Waals surface area contributed by atoms with E-state index in [0.717, 1.165) is 51.4 Å². The first-order valence-corrected chi connectivity index (χ1v) is 31.9. The van der Waals surface area contributed by atoms with Gasteiger partial charge in [0.05, 0.1) is 25.4 Å². The van der Waals surface area contributed by atoms with E-state index >= 15 is 0 Å². The van der Waals surface area contributed by atoms with Gasteiger partial charge in [-0.25, -0.2) is 0 Å². The number of aliphatic hydroxyl groups excluding tert-OH is 2. The highest BCUT2D eigenvalue weighted by Gasteiger charge is 2.20. The standard InChI is InChI=1S/C64H125NO5/c1-3-5-7-9-11-13-15-17-19-21-22-23-24-25-26-28-29-32-36-40-44-48-52-56-62(67)61(60-66)65-63(68)57-53-49-45-41-37-33-31-35-39-43-47-51-55-59-70-64(69)58-54-50-46-42-38-34-30-27-20-18-16-14-12-10-8-6-4-2/h18,20,61-62,66-67H,3-17,19,21-60H2,1-2H3,(H,65,68)/b20-18-. The predicted molar refractivity (Wildman–Crippen MR) is 306 cm³/mol. The molecule has 0 fully saturated rings. The molecule has 2 unspecified atom stereocenters. The molecule has 0 saturated carbocycles. The third kappa shape index (κ3) is 55.9. The van der Waals surface area contributed by atoms with E-state index in [-0.39, 0.29) is 18.5 Å². The Morgan fingerprint density at radius 1 is 0.386 bits per heavy atom. The van der Waals surface area contributed by atoms with E-state index in [9.17, 15) is 19.8 Å². The summed E-state index contributed by atoms with van der Waals surface area (Å²) in [7, 11) is 0. The molecule has 0 spiro atoms. The Hall–Kier alpha value is -1.40. The zero-order valence-electron chi connectivity index (χ0n) is 47.5. The van der Waals surface area contributed by atoms with Crippen LogP contribution >= 0.6 is 0 Å². The van der Waals surface area contributed by atoms with E-state index in [0.29, 0.717) is 25.9 Å². The SMILES string of the molecule is CCCCCCCC/C=C\CCCCCCCCCC(=O)OCCCCCCCCCCCCCCCC(=O)NC(CO)C(O)CCCCCCCCCCCCCCCCCCCCCCCCC. The fourth-order valence-corrected chi connectivity index (χ4v) is 10.2. The van der Waals surface area contributed by atoms with Crippen molar-refractivity contribution in [1.82, 2.24) is 5.32 Å². The van der Waals surface area contributed by atoms with E-state index in [2.05, 4.69) is 31.3 Å². The molecule has 0 aliphatic carbocycles. The molecular formula is C64H125NO5. The number of unbranched alkanes of at least 4 members (excludes halogenated alkanes) is 47. The summed E-state index contributed by atoms with van der Waals surface area (Å²) < 4.78 is 5.48. The number of allylic oxidation sites excluding steroid dienone is 2. The van der Waals surface area contributed by atoms with Gasteiger partial charge in [-0.2, -0.15) is 0 Å². The fourth-order valence-electron chi connectivity index (χ4n) is 10.2. The summed E-state index contributed by atoms with van der Waals surface area (Å²) in [5, 5.41) is 23.4. The van der Waals surface area contributed by atoms with Crippen molar-refractivity contribution < 1.29 is 24.5 Å². The van der Waals surface area contributed by atoms with Crippen LogP contribution in [-0.2, 0) is 14.3 Å². The first-order chi connectivity index (χ1) is 34.5. The molecule has 0 aromatic heterocycles. The summed E-state index contributed by atoms with van der Waals surface area (Å²) in [6.07, 6.45) is 72.2. The van der Waals surface area contributed by atoms with Gasteiger partial charge in [-0.15, -0.1) is 0 Å². The van der Waals surface area contributed by atoms with Crippen LogP contribution < -0.4 is 5.32 Å². The minimum Gasteiger partial charge on any atom is -0.466 e. The molecule has 6 nitrogen and oxygen atoms in total. The Labute approximate surface area is 438 Å². The van der Waals surface area contributed by atoms with Gasteiger partial charge in [-0.05, 0) is 51.4 Å². The summed E-state index contributed by atoms with van der Waals surface area (Å²) in [5.74, 6) is -0.0508. The number of esters is 1. The number of hydrogen-bond donors (Lipinski definition) is 3. The Bertz CT molecular complexity index is 1050. The highest BCUT2D eigenvalue weighted by atomic mass is 16.5. The molecule has 0 aliphatic rings. The highest BCUT2D eigenvalue weighted by molar-refractivity contribution is 5.76. The quantitative estimate of drug-likeness (QED) is 0.0321. The van der Waals surface area contributed by atoms with E-state index in [4.69, 9.17) is 4.74 Å². The number of rotatable bonds is 60. The van der Waals surface area contributed by atoms with Crippen molar-refractivity contribution in [3.05, 3.63) is 12.2 Å². The number of aliphatic hydroxyl groups is 2. The Morgan fingerprint density at radius 3 is 1.01 bits per heavy atom. The van der Waals surface area contributed by atoms with Gasteiger partial charge in [0.15, 0.2) is 0 Å². The van der Waals surface area contributed by atoms with Crippen molar-refractivity contribution in [2.45, 2.75) is 373 Å². The van der Waals surface area contributed by atoms with Gasteiger partial charge in [0, 0.05) is 12.8 Å². The zero-order chi connectivity index (χ0) is 50.7. The van der Waals surface area contributed by atoms with E-state index < -0.39 is 12.1 Å². The molecule has 0 radical (unpaired) electrons. The van der Waals surface area contributed by atoms with Gasteiger partial charge < -0.3 is 20.3 Å². The van der Waals surface area contributed by atoms with Crippen molar-refractivity contribution in [3.8, 4) is 0 Å². The maximum Gasteiger partial charge on any atom is 0.305 e. The fraction of sp³-hybridized carbons (Fsp3) is 0.938. The van der Waals surface area contributed by atoms with Crippen molar-refractivity contribution >= 4 is 11.9 Å². The molecule has 0 aromatic rings. The second-order valence-electron chi connectivity index (χ2n) is 22.1. The van der Waals surface area contributed by atoms with Crippen molar-refractivity contribution in [1.29, 1.82) is 0 Å². The van der Waals surface area contributed by atoms with Gasteiger partial charge in [0.2, 0.25) is 5.91 Å². The van der Waals surface area contributed by atoms with Crippen LogP contribution in [0.4, 0.5) is 0 Å². The Morgan fingerprint density at radius 2 is 0.671 bits per heavy atom. The van der Waals surface area contributed by atoms with Gasteiger partial charge >= 0.3 is 5.97 Å². The number of hydrogen-bond acceptors (Lipinski definition) is 5. The lowest BCUT2D eigenvalue weighted by Gasteiger charge is -2.22. The van der Waals surface area contributed by atoms with Crippen molar-refractivity contribution in [3.63, 3.8) is 0 Å². The van der Waals surface area contributed by atoms with Crippen LogP contribution in [0.15, 0.2) is 12.2 Å². The van der Waals surface area contributed by atoms with Crippen molar-refractivity contribution in [2.24, 2.45) is 0 Å². The van der Waals surface area contributed by atoms with Gasteiger partial charge in [0.1, 0.15) is 0 Å². The topological polar surface area (TPSA) is 95.9 Å². The van der Waals surface area contributed by atoms with Crippen LogP contribution in [-0.4, -0.2) is 47.4 Å². The number of amides is 1. The molecule has 0 bridgehead atoms. The highest BCUT2D eigenvalue weighted by Crippen LogP contribution is 2.18. The molecule has 1 amide bonds. The van der Waals surface area contributed by atoms with Gasteiger partial charge in [-0.1, -0.05) is 309 Å². The Kier molecular flexibility index (Phi) is 59.0. The summed E-state index contributed by atoms with van der Waals surface area (Å²) in [5.41, 5.74) is 0. The molecular weight excluding hydrogens is 863 g/mol. The van der Waals surface area contributed by atoms with Crippen LogP contribution in [0.3, 0.4) is 0 Å². The van der Waals surface area contributed by atoms with E-state index in [1.165, 1.54) is 276 Å². The second kappa shape index (κ2) is 60.2. The number of nitrogens with one attached hydrogen (secondary N) is 1. The smallest absolute Gasteiger partial charge is 0.305 e. The maximum atomic E-state index is 12.5. The van der Waals surface area contributed by atoms with Crippen LogP contribution in [0.2, 0.25) is 0 Å². The molecule has 2 atom stereocenters. The average molecular weight is 989 g/mol. The Balaban J connectivity index is 3.43. The first-order valence-electron chi connectivity index (χ1n) is 31.9. The summed E-state index contributed by atoms with van der Waals surface area (Å²) in [4.78, 5) is 24.6. The lowest BCUT2D eigenvalue weighted by molar-refractivity contribution is -0.143. The van der Waals surface area contributed by atoms with Crippen LogP contribution in [0.1, 0.15) is 361 Å². The normalized spacial score (nSPS) is 12.6. The average Bonchev–Trinajstić information content (AvgIpc) is 3.36. The first kappa shape index (κ1) is 68.6. The van der Waals surface area contributed by atoms with E-state index in [1.807, 2.05) is 0 Å².